The minimum Gasteiger partial charge on any atom is -0.396 e. The zero-order valence-electron chi connectivity index (χ0n) is 15.4. The second-order valence-electron chi connectivity index (χ2n) is 7.02. The zero-order valence-corrected chi connectivity index (χ0v) is 15.4. The first-order chi connectivity index (χ1) is 12.8. The van der Waals surface area contributed by atoms with Crippen LogP contribution in [0.25, 0.3) is 0 Å². The summed E-state index contributed by atoms with van der Waals surface area (Å²) in [5, 5.41) is 38.9. The predicted molar refractivity (Wildman–Crippen MR) is 89.2 cm³/mol. The molecule has 2 fully saturated rings. The molecule has 2 aliphatic rings. The quantitative estimate of drug-likeness (QED) is 0.159. The van der Waals surface area contributed by atoms with Crippen LogP contribution in [0.5, 0.6) is 0 Å². The SMILES string of the molecule is CC(CC[C@]1(O)CO[C@@H]2[C@@H](O)CO[C@@H]21)(OCCCO)OCCCO[N+](=O)[O-]. The van der Waals surface area contributed by atoms with Gasteiger partial charge in [0, 0.05) is 13.0 Å². The van der Waals surface area contributed by atoms with Crippen LogP contribution < -0.4 is 0 Å². The summed E-state index contributed by atoms with van der Waals surface area (Å²) < 4.78 is 22.5. The van der Waals surface area contributed by atoms with Gasteiger partial charge in [0.1, 0.15) is 23.9 Å². The molecular weight excluding hydrogens is 366 g/mol. The van der Waals surface area contributed by atoms with Crippen molar-refractivity contribution in [2.45, 2.75) is 62.3 Å². The number of fused-ring (bicyclic) bond motifs is 1. The average Bonchev–Trinajstić information content (AvgIpc) is 3.15. The fraction of sp³-hybridized carbons (Fsp3) is 1.00. The highest BCUT2D eigenvalue weighted by atomic mass is 16.9. The van der Waals surface area contributed by atoms with Crippen LogP contribution in [-0.4, -0.2) is 89.7 Å². The van der Waals surface area contributed by atoms with E-state index in [2.05, 4.69) is 4.84 Å². The molecule has 1 unspecified atom stereocenters. The molecule has 2 rings (SSSR count). The number of aliphatic hydroxyl groups is 3. The van der Waals surface area contributed by atoms with Crippen molar-refractivity contribution in [3.63, 3.8) is 0 Å². The molecule has 2 saturated heterocycles. The maximum atomic E-state index is 10.9. The van der Waals surface area contributed by atoms with Gasteiger partial charge in [-0.25, -0.2) is 0 Å². The highest BCUT2D eigenvalue weighted by Crippen LogP contribution is 2.38. The minimum absolute atomic E-state index is 0.0278. The molecule has 158 valence electrons. The van der Waals surface area contributed by atoms with Crippen LogP contribution in [0.3, 0.4) is 0 Å². The van der Waals surface area contributed by atoms with E-state index >= 15 is 0 Å². The third-order valence-corrected chi connectivity index (χ3v) is 4.79. The first-order valence-electron chi connectivity index (χ1n) is 9.09. The Hall–Kier alpha value is -1.08. The van der Waals surface area contributed by atoms with Crippen molar-refractivity contribution in [1.29, 1.82) is 0 Å². The smallest absolute Gasteiger partial charge is 0.294 e. The lowest BCUT2D eigenvalue weighted by molar-refractivity contribution is -0.757. The van der Waals surface area contributed by atoms with E-state index in [4.69, 9.17) is 24.1 Å². The molecule has 2 aliphatic heterocycles. The predicted octanol–water partition coefficient (Wildman–Crippen LogP) is -0.614. The molecule has 11 heteroatoms. The Balaban J connectivity index is 1.86. The molecule has 0 aliphatic carbocycles. The van der Waals surface area contributed by atoms with Crippen molar-refractivity contribution in [2.75, 3.05) is 39.6 Å². The Morgan fingerprint density at radius 3 is 2.63 bits per heavy atom. The van der Waals surface area contributed by atoms with Gasteiger partial charge >= 0.3 is 0 Å². The van der Waals surface area contributed by atoms with E-state index < -0.39 is 34.8 Å². The van der Waals surface area contributed by atoms with E-state index in [-0.39, 0.29) is 46.1 Å². The summed E-state index contributed by atoms with van der Waals surface area (Å²) in [6.07, 6.45) is -0.628. The van der Waals surface area contributed by atoms with Crippen LogP contribution in [0.15, 0.2) is 0 Å². The van der Waals surface area contributed by atoms with Crippen LogP contribution in [0.2, 0.25) is 0 Å². The molecule has 2 heterocycles. The minimum atomic E-state index is -1.26. The van der Waals surface area contributed by atoms with Gasteiger partial charge in [-0.1, -0.05) is 0 Å². The molecular formula is C16H29NO10. The van der Waals surface area contributed by atoms with Crippen LogP contribution in [0.1, 0.15) is 32.6 Å². The van der Waals surface area contributed by atoms with Gasteiger partial charge in [0.2, 0.25) is 0 Å². The first kappa shape index (κ1) is 22.2. The lowest BCUT2D eigenvalue weighted by atomic mass is 9.89. The van der Waals surface area contributed by atoms with Gasteiger partial charge in [0.25, 0.3) is 5.09 Å². The van der Waals surface area contributed by atoms with Crippen LogP contribution in [0.4, 0.5) is 0 Å². The van der Waals surface area contributed by atoms with E-state index in [1.807, 2.05) is 0 Å². The number of ether oxygens (including phenoxy) is 4. The fourth-order valence-corrected chi connectivity index (χ4v) is 3.26. The number of rotatable bonds is 13. The van der Waals surface area contributed by atoms with Gasteiger partial charge in [-0.05, 0) is 26.2 Å². The van der Waals surface area contributed by atoms with Crippen molar-refractivity contribution < 1.29 is 44.2 Å². The molecule has 0 saturated carbocycles. The third kappa shape index (κ3) is 6.21. The molecule has 0 aromatic heterocycles. The van der Waals surface area contributed by atoms with E-state index in [1.165, 1.54) is 0 Å². The summed E-state index contributed by atoms with van der Waals surface area (Å²) in [7, 11) is 0. The highest BCUT2D eigenvalue weighted by Gasteiger charge is 2.55. The van der Waals surface area contributed by atoms with Crippen LogP contribution >= 0.6 is 0 Å². The van der Waals surface area contributed by atoms with E-state index in [9.17, 15) is 20.3 Å². The average molecular weight is 395 g/mol. The molecule has 5 atom stereocenters. The van der Waals surface area contributed by atoms with Crippen molar-refractivity contribution in [3.8, 4) is 0 Å². The monoisotopic (exact) mass is 395 g/mol. The van der Waals surface area contributed by atoms with Gasteiger partial charge in [-0.15, -0.1) is 10.1 Å². The second kappa shape index (κ2) is 9.92. The summed E-state index contributed by atoms with van der Waals surface area (Å²) in [4.78, 5) is 14.4. The summed E-state index contributed by atoms with van der Waals surface area (Å²) in [6, 6.07) is 0. The second-order valence-corrected chi connectivity index (χ2v) is 7.02. The van der Waals surface area contributed by atoms with Gasteiger partial charge in [-0.2, -0.15) is 0 Å². The summed E-state index contributed by atoms with van der Waals surface area (Å²) in [6.45, 7) is 2.18. The summed E-state index contributed by atoms with van der Waals surface area (Å²) in [5.74, 6) is -1.06. The topological polar surface area (TPSA) is 150 Å². The lowest BCUT2D eigenvalue weighted by Gasteiger charge is -2.34. The standard InChI is InChI=1S/C16H29NO10/c1-15(25-7-2-6-18,26-8-3-9-27-17(21)22)4-5-16(20)11-24-13-12(19)10-23-14(13)16/h12-14,18-20H,2-11H2,1H3/t12-,13+,14-,15?,16-/m0/s1. The van der Waals surface area contributed by atoms with Gasteiger partial charge in [0.05, 0.1) is 33.0 Å². The number of nitrogens with zero attached hydrogens (tertiary/aromatic N) is 1. The Kier molecular flexibility index (Phi) is 8.16. The molecule has 11 nitrogen and oxygen atoms in total. The summed E-state index contributed by atoms with van der Waals surface area (Å²) in [5.41, 5.74) is -1.26. The molecule has 0 amide bonds. The normalized spacial score (nSPS) is 32.2. The molecule has 0 spiro atoms. The van der Waals surface area contributed by atoms with Gasteiger partial charge < -0.3 is 39.1 Å². The molecule has 0 radical (unpaired) electrons. The van der Waals surface area contributed by atoms with Crippen molar-refractivity contribution in [2.24, 2.45) is 0 Å². The molecule has 0 bridgehead atoms. The highest BCUT2D eigenvalue weighted by molar-refractivity contribution is 5.04. The molecule has 0 aromatic carbocycles. The Bertz CT molecular complexity index is 480. The molecule has 3 N–H and O–H groups in total. The number of hydrogen-bond donors (Lipinski definition) is 3. The largest absolute Gasteiger partial charge is 0.396 e. The van der Waals surface area contributed by atoms with Crippen molar-refractivity contribution in [3.05, 3.63) is 10.1 Å². The fourth-order valence-electron chi connectivity index (χ4n) is 3.26. The van der Waals surface area contributed by atoms with Crippen LogP contribution in [-0.2, 0) is 23.8 Å². The Morgan fingerprint density at radius 2 is 1.96 bits per heavy atom. The maximum Gasteiger partial charge on any atom is 0.294 e. The molecule has 27 heavy (non-hydrogen) atoms. The number of hydrogen-bond acceptors (Lipinski definition) is 10. The van der Waals surface area contributed by atoms with Crippen molar-refractivity contribution >= 4 is 0 Å². The first-order valence-corrected chi connectivity index (χ1v) is 9.09. The maximum absolute atomic E-state index is 10.9. The summed E-state index contributed by atoms with van der Waals surface area (Å²) >= 11 is 0. The zero-order chi connectivity index (χ0) is 19.9. The third-order valence-electron chi connectivity index (χ3n) is 4.79. The van der Waals surface area contributed by atoms with E-state index in [0.717, 1.165) is 0 Å². The van der Waals surface area contributed by atoms with E-state index in [0.29, 0.717) is 19.3 Å². The Morgan fingerprint density at radius 1 is 1.26 bits per heavy atom. The number of aliphatic hydroxyl groups excluding tert-OH is 2. The van der Waals surface area contributed by atoms with Crippen molar-refractivity contribution in [1.82, 2.24) is 0 Å². The molecule has 0 aromatic rings. The van der Waals surface area contributed by atoms with Gasteiger partial charge in [0.15, 0.2) is 5.79 Å². The van der Waals surface area contributed by atoms with E-state index in [1.54, 1.807) is 6.92 Å². The Labute approximate surface area is 157 Å². The van der Waals surface area contributed by atoms with Crippen LogP contribution in [0, 0.1) is 10.1 Å². The van der Waals surface area contributed by atoms with Gasteiger partial charge in [-0.3, -0.25) is 0 Å². The lowest BCUT2D eigenvalue weighted by Crippen LogP contribution is -2.46.